The molecule has 1 aromatic rings. The minimum atomic E-state index is -0.357. The zero-order valence-electron chi connectivity index (χ0n) is 8.70. The monoisotopic (exact) mass is 204 g/mol. The van der Waals surface area contributed by atoms with Gasteiger partial charge in [0.2, 0.25) is 0 Å². The second-order valence-corrected chi connectivity index (χ2v) is 2.96. The van der Waals surface area contributed by atoms with Crippen LogP contribution in [0.15, 0.2) is 12.1 Å². The number of carbonyl (C=O) groups is 1. The Morgan fingerprint density at radius 2 is 2.33 bits per heavy atom. The van der Waals surface area contributed by atoms with Crippen molar-refractivity contribution < 1.29 is 9.53 Å². The topological polar surface area (TPSA) is 65.2 Å². The predicted octanol–water partition coefficient (Wildman–Crippen LogP) is 0.887. The quantitative estimate of drug-likeness (QED) is 0.545. The van der Waals surface area contributed by atoms with Crippen molar-refractivity contribution in [2.45, 2.75) is 13.3 Å². The summed E-state index contributed by atoms with van der Waals surface area (Å²) in [4.78, 5) is 14.8. The summed E-state index contributed by atoms with van der Waals surface area (Å²) < 4.78 is 4.46. The van der Waals surface area contributed by atoms with E-state index in [2.05, 4.69) is 21.6 Å². The Morgan fingerprint density at radius 1 is 1.60 bits per heavy atom. The second kappa shape index (κ2) is 5.01. The van der Waals surface area contributed by atoms with Gasteiger partial charge in [-0.1, -0.05) is 12.0 Å². The molecule has 1 aromatic heterocycles. The molecule has 1 heterocycles. The molecule has 2 N–H and O–H groups in total. The number of aromatic nitrogens is 1. The minimum Gasteiger partial charge on any atom is -0.468 e. The molecule has 0 aliphatic rings. The number of pyridine rings is 1. The third kappa shape index (κ3) is 3.31. The van der Waals surface area contributed by atoms with E-state index in [1.165, 1.54) is 7.11 Å². The predicted molar refractivity (Wildman–Crippen MR) is 56.9 cm³/mol. The van der Waals surface area contributed by atoms with E-state index < -0.39 is 0 Å². The summed E-state index contributed by atoms with van der Waals surface area (Å²) in [5.74, 6) is 5.52. The number of methoxy groups -OCH3 is 1. The van der Waals surface area contributed by atoms with E-state index in [0.717, 1.165) is 5.56 Å². The van der Waals surface area contributed by atoms with Gasteiger partial charge in [0.15, 0.2) is 0 Å². The van der Waals surface area contributed by atoms with Crippen LogP contribution in [0.1, 0.15) is 17.7 Å². The number of aryl methyl sites for hydroxylation is 1. The Kier molecular flexibility index (Phi) is 3.69. The Balaban J connectivity index is 2.79. The summed E-state index contributed by atoms with van der Waals surface area (Å²) in [5.41, 5.74) is 7.04. The first-order valence-corrected chi connectivity index (χ1v) is 4.42. The third-order valence-corrected chi connectivity index (χ3v) is 1.79. The summed E-state index contributed by atoms with van der Waals surface area (Å²) in [6.45, 7) is 1.88. The zero-order chi connectivity index (χ0) is 11.3. The van der Waals surface area contributed by atoms with Crippen LogP contribution in [0.2, 0.25) is 0 Å². The Morgan fingerprint density at radius 3 is 3.00 bits per heavy atom. The Hall–Kier alpha value is -2.02. The van der Waals surface area contributed by atoms with Crippen LogP contribution in [0.4, 0.5) is 5.82 Å². The maximum Gasteiger partial charge on any atom is 0.317 e. The normalized spacial score (nSPS) is 8.93. The number of carbonyl (C=O) groups excluding carboxylic acids is 1. The average Bonchev–Trinajstić information content (AvgIpc) is 2.23. The average molecular weight is 204 g/mol. The summed E-state index contributed by atoms with van der Waals surface area (Å²) in [6, 6.07) is 3.55. The number of hydrogen-bond acceptors (Lipinski definition) is 4. The molecule has 0 aliphatic carbocycles. The summed E-state index contributed by atoms with van der Waals surface area (Å²) in [7, 11) is 1.33. The lowest BCUT2D eigenvalue weighted by Gasteiger charge is -1.97. The third-order valence-electron chi connectivity index (χ3n) is 1.79. The van der Waals surface area contributed by atoms with Crippen LogP contribution >= 0.6 is 0 Å². The summed E-state index contributed by atoms with van der Waals surface area (Å²) in [5, 5.41) is 0. The first kappa shape index (κ1) is 11.1. The first-order valence-electron chi connectivity index (χ1n) is 4.42. The van der Waals surface area contributed by atoms with Crippen LogP contribution in [0.5, 0.6) is 0 Å². The summed E-state index contributed by atoms with van der Waals surface area (Å²) in [6.07, 6.45) is 0.0619. The number of hydrogen-bond donors (Lipinski definition) is 1. The molecular weight excluding hydrogens is 192 g/mol. The molecule has 0 aliphatic heterocycles. The van der Waals surface area contributed by atoms with Crippen molar-refractivity contribution in [2.75, 3.05) is 12.8 Å². The van der Waals surface area contributed by atoms with Gasteiger partial charge in [0.25, 0.3) is 0 Å². The van der Waals surface area contributed by atoms with Gasteiger partial charge in [0, 0.05) is 0 Å². The molecule has 0 radical (unpaired) electrons. The Bertz CT molecular complexity index is 430. The van der Waals surface area contributed by atoms with Crippen molar-refractivity contribution in [3.05, 3.63) is 23.4 Å². The van der Waals surface area contributed by atoms with E-state index in [9.17, 15) is 4.79 Å². The number of rotatable bonds is 1. The molecule has 78 valence electrons. The lowest BCUT2D eigenvalue weighted by molar-refractivity contribution is -0.139. The zero-order valence-corrected chi connectivity index (χ0v) is 8.70. The van der Waals surface area contributed by atoms with E-state index in [1.54, 1.807) is 6.07 Å². The molecule has 0 atom stereocenters. The number of esters is 1. The molecule has 4 nitrogen and oxygen atoms in total. The van der Waals surface area contributed by atoms with Gasteiger partial charge in [0.1, 0.15) is 17.9 Å². The van der Waals surface area contributed by atoms with Crippen LogP contribution < -0.4 is 5.73 Å². The maximum atomic E-state index is 10.8. The fourth-order valence-electron chi connectivity index (χ4n) is 0.943. The van der Waals surface area contributed by atoms with Crippen molar-refractivity contribution in [3.63, 3.8) is 0 Å². The molecule has 0 amide bonds. The number of ether oxygens (including phenoxy) is 1. The molecule has 1 rings (SSSR count). The largest absolute Gasteiger partial charge is 0.468 e. The SMILES string of the molecule is COC(=O)CC#Cc1nc(N)ccc1C. The smallest absolute Gasteiger partial charge is 0.317 e. The number of nitrogens with zero attached hydrogens (tertiary/aromatic N) is 1. The van der Waals surface area contributed by atoms with Crippen molar-refractivity contribution in [3.8, 4) is 11.8 Å². The molecule has 0 saturated heterocycles. The first-order chi connectivity index (χ1) is 7.13. The van der Waals surface area contributed by atoms with Gasteiger partial charge in [-0.3, -0.25) is 4.79 Å². The van der Waals surface area contributed by atoms with Gasteiger partial charge in [0.05, 0.1) is 7.11 Å². The van der Waals surface area contributed by atoms with Crippen molar-refractivity contribution in [1.82, 2.24) is 4.98 Å². The van der Waals surface area contributed by atoms with Crippen LogP contribution in [-0.4, -0.2) is 18.1 Å². The van der Waals surface area contributed by atoms with E-state index in [0.29, 0.717) is 11.5 Å². The van der Waals surface area contributed by atoms with Crippen molar-refractivity contribution >= 4 is 11.8 Å². The minimum absolute atomic E-state index is 0.0619. The lowest BCUT2D eigenvalue weighted by atomic mass is 10.2. The van der Waals surface area contributed by atoms with Gasteiger partial charge in [-0.2, -0.15) is 0 Å². The van der Waals surface area contributed by atoms with Crippen molar-refractivity contribution in [2.24, 2.45) is 0 Å². The Labute approximate surface area is 88.5 Å². The fourth-order valence-corrected chi connectivity index (χ4v) is 0.943. The number of nitrogens with two attached hydrogens (primary N) is 1. The highest BCUT2D eigenvalue weighted by atomic mass is 16.5. The standard InChI is InChI=1S/C11H12N2O2/c1-8-6-7-10(12)13-9(8)4-3-5-11(14)15-2/h6-7H,5H2,1-2H3,(H2,12,13). The molecule has 0 unspecified atom stereocenters. The summed E-state index contributed by atoms with van der Waals surface area (Å²) >= 11 is 0. The number of anilines is 1. The molecule has 0 aromatic carbocycles. The van der Waals surface area contributed by atoms with E-state index in [4.69, 9.17) is 5.73 Å². The maximum absolute atomic E-state index is 10.8. The van der Waals surface area contributed by atoms with E-state index >= 15 is 0 Å². The molecular formula is C11H12N2O2. The highest BCUT2D eigenvalue weighted by Crippen LogP contribution is 2.05. The van der Waals surface area contributed by atoms with Crippen molar-refractivity contribution in [1.29, 1.82) is 0 Å². The molecule has 15 heavy (non-hydrogen) atoms. The van der Waals surface area contributed by atoms with Crippen LogP contribution in [0.3, 0.4) is 0 Å². The molecule has 0 fully saturated rings. The fraction of sp³-hybridized carbons (Fsp3) is 0.273. The van der Waals surface area contributed by atoms with Crippen LogP contribution in [0.25, 0.3) is 0 Å². The van der Waals surface area contributed by atoms with Crippen LogP contribution in [-0.2, 0) is 9.53 Å². The highest BCUT2D eigenvalue weighted by molar-refractivity contribution is 5.72. The van der Waals surface area contributed by atoms with Gasteiger partial charge in [-0.25, -0.2) is 4.98 Å². The number of nitrogen functional groups attached to an aromatic ring is 1. The highest BCUT2D eigenvalue weighted by Gasteiger charge is 1.97. The van der Waals surface area contributed by atoms with Gasteiger partial charge in [-0.15, -0.1) is 0 Å². The second-order valence-electron chi connectivity index (χ2n) is 2.96. The van der Waals surface area contributed by atoms with Gasteiger partial charge >= 0.3 is 5.97 Å². The van der Waals surface area contributed by atoms with Crippen LogP contribution in [0, 0.1) is 18.8 Å². The molecule has 0 saturated carbocycles. The van der Waals surface area contributed by atoms with Gasteiger partial charge in [-0.05, 0) is 24.5 Å². The molecule has 0 spiro atoms. The van der Waals surface area contributed by atoms with Gasteiger partial charge < -0.3 is 10.5 Å². The molecule has 0 bridgehead atoms. The van der Waals surface area contributed by atoms with E-state index in [1.807, 2.05) is 13.0 Å². The molecule has 4 heteroatoms. The lowest BCUT2D eigenvalue weighted by Crippen LogP contribution is -1.98. The van der Waals surface area contributed by atoms with E-state index in [-0.39, 0.29) is 12.4 Å².